The van der Waals surface area contributed by atoms with Crippen molar-refractivity contribution in [2.24, 2.45) is 5.92 Å². The van der Waals surface area contributed by atoms with E-state index in [0.717, 1.165) is 24.5 Å². The van der Waals surface area contributed by atoms with Crippen molar-refractivity contribution in [1.82, 2.24) is 14.8 Å². The predicted octanol–water partition coefficient (Wildman–Crippen LogP) is 2.02. The second-order valence-electron chi connectivity index (χ2n) is 5.71. The van der Waals surface area contributed by atoms with Crippen molar-refractivity contribution in [3.8, 4) is 0 Å². The van der Waals surface area contributed by atoms with Gasteiger partial charge in [0.1, 0.15) is 11.6 Å². The topological polar surface area (TPSA) is 68.0 Å². The fourth-order valence-corrected chi connectivity index (χ4v) is 2.89. The van der Waals surface area contributed by atoms with E-state index in [2.05, 4.69) is 41.4 Å². The Hall–Kier alpha value is -2.17. The lowest BCUT2D eigenvalue weighted by molar-refractivity contribution is -0.142. The van der Waals surface area contributed by atoms with Gasteiger partial charge < -0.3 is 9.67 Å². The number of aromatic nitrogens is 3. The third-order valence-electron chi connectivity index (χ3n) is 4.09. The number of nitrogens with zero attached hydrogens (tertiary/aromatic N) is 3. The van der Waals surface area contributed by atoms with Gasteiger partial charge >= 0.3 is 5.97 Å². The van der Waals surface area contributed by atoms with Crippen molar-refractivity contribution in [3.63, 3.8) is 0 Å². The predicted molar refractivity (Wildman–Crippen MR) is 78.1 cm³/mol. The molecule has 5 heteroatoms. The molecule has 21 heavy (non-hydrogen) atoms. The van der Waals surface area contributed by atoms with Gasteiger partial charge in [-0.25, -0.2) is 0 Å². The molecule has 1 aliphatic heterocycles. The van der Waals surface area contributed by atoms with Crippen molar-refractivity contribution in [2.75, 3.05) is 0 Å². The monoisotopic (exact) mass is 285 g/mol. The van der Waals surface area contributed by atoms with Crippen molar-refractivity contribution in [1.29, 1.82) is 0 Å². The molecule has 5 nitrogen and oxygen atoms in total. The summed E-state index contributed by atoms with van der Waals surface area (Å²) >= 11 is 0. The first-order chi connectivity index (χ1) is 10.1. The number of aryl methyl sites for hydroxylation is 4. The Kier molecular flexibility index (Phi) is 3.73. The molecular weight excluding hydrogens is 266 g/mol. The Morgan fingerprint density at radius 3 is 3.00 bits per heavy atom. The summed E-state index contributed by atoms with van der Waals surface area (Å²) in [5.74, 6) is 0.786. The third kappa shape index (κ3) is 2.96. The smallest absolute Gasteiger partial charge is 0.308 e. The molecule has 0 fully saturated rings. The molecule has 0 spiro atoms. The largest absolute Gasteiger partial charge is 0.481 e. The second-order valence-corrected chi connectivity index (χ2v) is 5.71. The first kappa shape index (κ1) is 13.8. The van der Waals surface area contributed by atoms with Crippen LogP contribution in [-0.2, 0) is 30.6 Å². The number of fused-ring (bicyclic) bond motifs is 1. The van der Waals surface area contributed by atoms with E-state index < -0.39 is 5.97 Å². The van der Waals surface area contributed by atoms with Crippen molar-refractivity contribution >= 4 is 5.97 Å². The van der Waals surface area contributed by atoms with Crippen LogP contribution in [0.3, 0.4) is 0 Å². The number of benzene rings is 1. The fraction of sp³-hybridized carbons (Fsp3) is 0.438. The molecule has 1 unspecified atom stereocenters. The Morgan fingerprint density at radius 2 is 2.24 bits per heavy atom. The maximum Gasteiger partial charge on any atom is 0.308 e. The molecule has 2 aromatic rings. The second kappa shape index (κ2) is 5.68. The molecule has 1 aliphatic rings. The zero-order valence-corrected chi connectivity index (χ0v) is 12.1. The van der Waals surface area contributed by atoms with Crippen LogP contribution < -0.4 is 0 Å². The highest BCUT2D eigenvalue weighted by Crippen LogP contribution is 2.21. The lowest BCUT2D eigenvalue weighted by Gasteiger charge is -2.21. The summed E-state index contributed by atoms with van der Waals surface area (Å²) in [4.78, 5) is 11.2. The van der Waals surface area contributed by atoms with Crippen LogP contribution in [0.5, 0.6) is 0 Å². The van der Waals surface area contributed by atoms with E-state index in [1.807, 2.05) is 4.57 Å². The third-order valence-corrected chi connectivity index (χ3v) is 4.09. The zero-order chi connectivity index (χ0) is 14.8. The molecule has 0 saturated heterocycles. The van der Waals surface area contributed by atoms with Gasteiger partial charge in [-0.05, 0) is 25.3 Å². The summed E-state index contributed by atoms with van der Waals surface area (Å²) in [5.41, 5.74) is 2.53. The van der Waals surface area contributed by atoms with Crippen LogP contribution >= 0.6 is 0 Å². The Bertz CT molecular complexity index is 663. The van der Waals surface area contributed by atoms with Gasteiger partial charge in [0.2, 0.25) is 0 Å². The van der Waals surface area contributed by atoms with Crippen LogP contribution in [0, 0.1) is 12.8 Å². The molecule has 0 radical (unpaired) electrons. The van der Waals surface area contributed by atoms with E-state index in [0.29, 0.717) is 19.4 Å². The minimum atomic E-state index is -0.723. The highest BCUT2D eigenvalue weighted by Gasteiger charge is 2.27. The van der Waals surface area contributed by atoms with Gasteiger partial charge in [0, 0.05) is 19.4 Å². The number of carbonyl (C=O) groups is 1. The van der Waals surface area contributed by atoms with Gasteiger partial charge in [0.15, 0.2) is 0 Å². The van der Waals surface area contributed by atoms with Crippen LogP contribution in [0.1, 0.15) is 29.2 Å². The van der Waals surface area contributed by atoms with Gasteiger partial charge in [-0.1, -0.05) is 29.8 Å². The molecule has 0 aliphatic carbocycles. The number of rotatable bonds is 4. The molecule has 0 amide bonds. The average molecular weight is 285 g/mol. The molecule has 110 valence electrons. The zero-order valence-electron chi connectivity index (χ0n) is 12.1. The Labute approximate surface area is 123 Å². The van der Waals surface area contributed by atoms with Gasteiger partial charge in [-0.15, -0.1) is 10.2 Å². The number of carboxylic acid groups (broad SMARTS) is 1. The van der Waals surface area contributed by atoms with Gasteiger partial charge in [-0.3, -0.25) is 4.79 Å². The van der Waals surface area contributed by atoms with Crippen molar-refractivity contribution in [2.45, 2.75) is 39.2 Å². The minimum absolute atomic E-state index is 0.314. The van der Waals surface area contributed by atoms with Crippen molar-refractivity contribution in [3.05, 3.63) is 47.0 Å². The maximum absolute atomic E-state index is 11.2. The molecule has 0 bridgehead atoms. The average Bonchev–Trinajstić information content (AvgIpc) is 2.87. The molecule has 1 N–H and O–H groups in total. The van der Waals surface area contributed by atoms with Crippen molar-refractivity contribution < 1.29 is 9.90 Å². The quantitative estimate of drug-likeness (QED) is 0.933. The van der Waals surface area contributed by atoms with Crippen LogP contribution in [0.4, 0.5) is 0 Å². The van der Waals surface area contributed by atoms with Gasteiger partial charge in [0.25, 0.3) is 0 Å². The maximum atomic E-state index is 11.2. The van der Waals surface area contributed by atoms with Crippen LogP contribution in [0.15, 0.2) is 24.3 Å². The Balaban J connectivity index is 1.73. The van der Waals surface area contributed by atoms with E-state index in [-0.39, 0.29) is 5.92 Å². The lowest BCUT2D eigenvalue weighted by atomic mass is 9.99. The first-order valence-corrected chi connectivity index (χ1v) is 7.33. The molecule has 2 heterocycles. The summed E-state index contributed by atoms with van der Waals surface area (Å²) in [6, 6.07) is 8.43. The molecule has 0 saturated carbocycles. The summed E-state index contributed by atoms with van der Waals surface area (Å²) in [7, 11) is 0. The summed E-state index contributed by atoms with van der Waals surface area (Å²) in [5, 5.41) is 17.6. The molecule has 1 atom stereocenters. The van der Waals surface area contributed by atoms with Crippen LogP contribution in [-0.4, -0.2) is 25.8 Å². The molecular formula is C16H19N3O2. The van der Waals surface area contributed by atoms with E-state index >= 15 is 0 Å². The highest BCUT2D eigenvalue weighted by molar-refractivity contribution is 5.70. The standard InChI is InChI=1S/C16H19N3O2/c1-11-3-2-4-12(9-11)5-7-14-17-18-15-8-6-13(16(20)21)10-19(14)15/h2-4,9,13H,5-8,10H2,1H3,(H,20,21). The SMILES string of the molecule is Cc1cccc(CCc2nnc3n2CC(C(=O)O)CC3)c1. The van der Waals surface area contributed by atoms with Crippen LogP contribution in [0.25, 0.3) is 0 Å². The first-order valence-electron chi connectivity index (χ1n) is 7.33. The summed E-state index contributed by atoms with van der Waals surface area (Å²) < 4.78 is 2.00. The van der Waals surface area contributed by atoms with E-state index in [4.69, 9.17) is 0 Å². The molecule has 3 rings (SSSR count). The van der Waals surface area contributed by atoms with E-state index in [9.17, 15) is 9.90 Å². The normalized spacial score (nSPS) is 17.5. The lowest BCUT2D eigenvalue weighted by Crippen LogP contribution is -2.27. The molecule has 1 aromatic heterocycles. The minimum Gasteiger partial charge on any atom is -0.481 e. The number of aliphatic carboxylic acids is 1. The fourth-order valence-electron chi connectivity index (χ4n) is 2.89. The van der Waals surface area contributed by atoms with E-state index in [1.54, 1.807) is 0 Å². The summed E-state index contributed by atoms with van der Waals surface area (Å²) in [6.45, 7) is 2.58. The van der Waals surface area contributed by atoms with Gasteiger partial charge in [-0.2, -0.15) is 0 Å². The number of hydrogen-bond donors (Lipinski definition) is 1. The van der Waals surface area contributed by atoms with Gasteiger partial charge in [0.05, 0.1) is 5.92 Å². The Morgan fingerprint density at radius 1 is 1.38 bits per heavy atom. The van der Waals surface area contributed by atoms with Crippen LogP contribution in [0.2, 0.25) is 0 Å². The number of hydrogen-bond acceptors (Lipinski definition) is 3. The summed E-state index contributed by atoms with van der Waals surface area (Å²) in [6.07, 6.45) is 3.06. The highest BCUT2D eigenvalue weighted by atomic mass is 16.4. The molecule has 1 aromatic carbocycles. The number of carboxylic acids is 1. The van der Waals surface area contributed by atoms with E-state index in [1.165, 1.54) is 11.1 Å².